The summed E-state index contributed by atoms with van der Waals surface area (Å²) in [6.07, 6.45) is 6.70. The molecule has 38 heavy (non-hydrogen) atoms. The number of carbonyl (C=O) groups is 2. The maximum atomic E-state index is 15.0. The van der Waals surface area contributed by atoms with Crippen molar-refractivity contribution in [2.75, 3.05) is 12.4 Å². The van der Waals surface area contributed by atoms with Crippen molar-refractivity contribution >= 4 is 28.4 Å². The fourth-order valence-electron chi connectivity index (χ4n) is 4.15. The zero-order valence-electron chi connectivity index (χ0n) is 20.7. The number of ether oxygens (including phenoxy) is 2. The molecule has 0 radical (unpaired) electrons. The summed E-state index contributed by atoms with van der Waals surface area (Å²) in [4.78, 5) is 29.9. The first-order chi connectivity index (χ1) is 18.1. The number of rotatable bonds is 7. The van der Waals surface area contributed by atoms with Gasteiger partial charge in [-0.05, 0) is 56.2 Å². The van der Waals surface area contributed by atoms with Gasteiger partial charge in [0.2, 0.25) is 11.8 Å². The van der Waals surface area contributed by atoms with E-state index in [1.165, 1.54) is 56.6 Å². The van der Waals surface area contributed by atoms with E-state index in [2.05, 4.69) is 15.6 Å². The van der Waals surface area contributed by atoms with E-state index in [1.807, 2.05) is 0 Å². The highest BCUT2D eigenvalue weighted by Gasteiger charge is 2.56. The molecule has 0 saturated heterocycles. The van der Waals surface area contributed by atoms with Crippen LogP contribution in [0.4, 0.5) is 14.5 Å². The Bertz CT molecular complexity index is 1510. The first kappa shape index (κ1) is 25.2. The third-order valence-electron chi connectivity index (χ3n) is 6.62. The van der Waals surface area contributed by atoms with Crippen molar-refractivity contribution in [1.29, 1.82) is 0 Å². The standard InChI is InChI=1S/C28H25F2N3O5/c1-27(30)8-5-16(6-9-27)32-25(35)28(10-11-28)26(36)33-17-3-4-23(19(29)13-17)38-22-7-12-31-20-15-21(34)24(37-2)14-18(20)22/h3-8,12-15,34H,9-11H2,1-2H3,(H,32,35)(H,33,36). The number of alkyl halides is 1. The summed E-state index contributed by atoms with van der Waals surface area (Å²) < 4.78 is 39.8. The number of nitrogens with zero attached hydrogens (tertiary/aromatic N) is 1. The summed E-state index contributed by atoms with van der Waals surface area (Å²) in [5.74, 6) is -1.46. The van der Waals surface area contributed by atoms with Gasteiger partial charge in [-0.3, -0.25) is 14.6 Å². The molecular weight excluding hydrogens is 496 g/mol. The van der Waals surface area contributed by atoms with Crippen molar-refractivity contribution in [3.63, 3.8) is 0 Å². The molecule has 0 spiro atoms. The number of anilines is 1. The van der Waals surface area contributed by atoms with Crippen LogP contribution in [-0.4, -0.2) is 34.7 Å². The number of fused-ring (bicyclic) bond motifs is 1. The van der Waals surface area contributed by atoms with Crippen LogP contribution in [0.1, 0.15) is 26.2 Å². The molecule has 2 aliphatic rings. The summed E-state index contributed by atoms with van der Waals surface area (Å²) in [5, 5.41) is 15.8. The number of hydrogen-bond acceptors (Lipinski definition) is 6. The first-order valence-corrected chi connectivity index (χ1v) is 11.9. The van der Waals surface area contributed by atoms with Crippen molar-refractivity contribution in [3.8, 4) is 23.0 Å². The monoisotopic (exact) mass is 521 g/mol. The highest BCUT2D eigenvalue weighted by Crippen LogP contribution is 2.47. The second kappa shape index (κ2) is 9.44. The topological polar surface area (TPSA) is 110 Å². The summed E-state index contributed by atoms with van der Waals surface area (Å²) in [7, 11) is 1.41. The summed E-state index contributed by atoms with van der Waals surface area (Å²) in [5.41, 5.74) is -1.71. The Kier molecular flexibility index (Phi) is 6.26. The fourth-order valence-corrected chi connectivity index (χ4v) is 4.15. The van der Waals surface area contributed by atoms with Gasteiger partial charge in [0.05, 0.1) is 12.6 Å². The largest absolute Gasteiger partial charge is 0.504 e. The van der Waals surface area contributed by atoms with Gasteiger partial charge >= 0.3 is 0 Å². The van der Waals surface area contributed by atoms with E-state index in [9.17, 15) is 23.5 Å². The van der Waals surface area contributed by atoms with Crippen LogP contribution < -0.4 is 20.1 Å². The zero-order valence-corrected chi connectivity index (χ0v) is 20.7. The number of phenols is 1. The van der Waals surface area contributed by atoms with E-state index in [4.69, 9.17) is 9.47 Å². The molecule has 3 N–H and O–H groups in total. The van der Waals surface area contributed by atoms with Crippen molar-refractivity contribution in [1.82, 2.24) is 10.3 Å². The van der Waals surface area contributed by atoms with E-state index in [0.29, 0.717) is 29.4 Å². The van der Waals surface area contributed by atoms with Gasteiger partial charge in [0, 0.05) is 41.5 Å². The molecule has 2 amide bonds. The third kappa shape index (κ3) is 4.89. The van der Waals surface area contributed by atoms with Gasteiger partial charge in [-0.15, -0.1) is 0 Å². The Morgan fingerprint density at radius 2 is 1.82 bits per heavy atom. The normalized spacial score (nSPS) is 19.4. The van der Waals surface area contributed by atoms with Gasteiger partial charge < -0.3 is 25.2 Å². The Morgan fingerprint density at radius 1 is 1.05 bits per heavy atom. The Balaban J connectivity index is 1.28. The maximum Gasteiger partial charge on any atom is 0.240 e. The predicted octanol–water partition coefficient (Wildman–Crippen LogP) is 5.29. The molecule has 1 aromatic heterocycles. The Morgan fingerprint density at radius 3 is 2.47 bits per heavy atom. The Hall–Kier alpha value is -4.47. The average molecular weight is 522 g/mol. The molecule has 196 valence electrons. The molecule has 1 heterocycles. The summed E-state index contributed by atoms with van der Waals surface area (Å²) >= 11 is 0. The molecule has 10 heteroatoms. The minimum absolute atomic E-state index is 0.0901. The second-order valence-electron chi connectivity index (χ2n) is 9.56. The number of hydrogen-bond donors (Lipinski definition) is 3. The molecule has 0 bridgehead atoms. The van der Waals surface area contributed by atoms with Crippen LogP contribution in [0.3, 0.4) is 0 Å². The van der Waals surface area contributed by atoms with E-state index in [1.54, 1.807) is 12.1 Å². The number of methoxy groups -OCH3 is 1. The van der Waals surface area contributed by atoms with Gasteiger partial charge in [0.15, 0.2) is 23.1 Å². The van der Waals surface area contributed by atoms with Crippen molar-refractivity contribution in [3.05, 3.63) is 72.3 Å². The first-order valence-electron chi connectivity index (χ1n) is 11.9. The van der Waals surface area contributed by atoms with E-state index < -0.39 is 28.7 Å². The smallest absolute Gasteiger partial charge is 0.240 e. The minimum atomic E-state index is -1.47. The van der Waals surface area contributed by atoms with Crippen LogP contribution in [0.15, 0.2) is 66.5 Å². The van der Waals surface area contributed by atoms with Crippen LogP contribution >= 0.6 is 0 Å². The molecule has 8 nitrogen and oxygen atoms in total. The van der Waals surface area contributed by atoms with Crippen molar-refractivity contribution in [2.45, 2.75) is 31.9 Å². The van der Waals surface area contributed by atoms with Gasteiger partial charge in [0.25, 0.3) is 0 Å². The van der Waals surface area contributed by atoms with Crippen LogP contribution in [0.2, 0.25) is 0 Å². The SMILES string of the molecule is COc1cc2c(Oc3ccc(NC(=O)C4(C(=O)NC5=CCC(C)(F)C=C5)CC4)cc3F)ccnc2cc1O. The zero-order chi connectivity index (χ0) is 27.1. The molecular formula is C28H25F2N3O5. The summed E-state index contributed by atoms with van der Waals surface area (Å²) in [6, 6.07) is 8.43. The molecule has 1 fully saturated rings. The molecule has 1 atom stereocenters. The third-order valence-corrected chi connectivity index (χ3v) is 6.62. The average Bonchev–Trinajstić information content (AvgIpc) is 3.69. The molecule has 1 saturated carbocycles. The number of halogens is 2. The molecule has 1 unspecified atom stereocenters. The van der Waals surface area contributed by atoms with E-state index in [-0.39, 0.29) is 35.1 Å². The highest BCUT2D eigenvalue weighted by molar-refractivity contribution is 6.13. The van der Waals surface area contributed by atoms with Crippen LogP contribution in [0, 0.1) is 11.2 Å². The maximum absolute atomic E-state index is 15.0. The molecule has 3 aromatic rings. The van der Waals surface area contributed by atoms with Gasteiger partial charge in [-0.25, -0.2) is 8.78 Å². The number of carbonyl (C=O) groups excluding carboxylic acids is 2. The lowest BCUT2D eigenvalue weighted by atomic mass is 9.97. The Labute approximate surface area is 217 Å². The molecule has 2 aromatic carbocycles. The predicted molar refractivity (Wildman–Crippen MR) is 136 cm³/mol. The molecule has 5 rings (SSSR count). The van der Waals surface area contributed by atoms with E-state index in [0.717, 1.165) is 6.07 Å². The number of phenolic OH excluding ortho intramolecular Hbond substituents is 1. The number of nitrogens with one attached hydrogen (secondary N) is 2. The van der Waals surface area contributed by atoms with Gasteiger partial charge in [-0.1, -0.05) is 6.08 Å². The summed E-state index contributed by atoms with van der Waals surface area (Å²) in [6.45, 7) is 1.44. The second-order valence-corrected chi connectivity index (χ2v) is 9.56. The lowest BCUT2D eigenvalue weighted by Crippen LogP contribution is -2.39. The van der Waals surface area contributed by atoms with E-state index >= 15 is 0 Å². The minimum Gasteiger partial charge on any atom is -0.504 e. The number of aromatic nitrogens is 1. The number of pyridine rings is 1. The van der Waals surface area contributed by atoms with Gasteiger partial charge in [-0.2, -0.15) is 0 Å². The number of benzene rings is 2. The quantitative estimate of drug-likeness (QED) is 0.365. The van der Waals surface area contributed by atoms with Gasteiger partial charge in [0.1, 0.15) is 16.8 Å². The lowest BCUT2D eigenvalue weighted by Gasteiger charge is -2.21. The lowest BCUT2D eigenvalue weighted by molar-refractivity contribution is -0.133. The van der Waals surface area contributed by atoms with Crippen LogP contribution in [0.25, 0.3) is 10.9 Å². The fraction of sp³-hybridized carbons (Fsp3) is 0.250. The number of aromatic hydroxyl groups is 1. The van der Waals surface area contributed by atoms with Crippen LogP contribution in [-0.2, 0) is 9.59 Å². The molecule has 0 aliphatic heterocycles. The van der Waals surface area contributed by atoms with Crippen molar-refractivity contribution in [2.24, 2.45) is 5.41 Å². The van der Waals surface area contributed by atoms with Crippen LogP contribution in [0.5, 0.6) is 23.0 Å². The highest BCUT2D eigenvalue weighted by atomic mass is 19.1. The number of amides is 2. The molecule has 2 aliphatic carbocycles. The van der Waals surface area contributed by atoms with Crippen molar-refractivity contribution < 1.29 is 33.0 Å². The number of allylic oxidation sites excluding steroid dienone is 3.